The molecule has 156 valence electrons. The van der Waals surface area contributed by atoms with E-state index in [1.54, 1.807) is 16.7 Å². The van der Waals surface area contributed by atoms with Crippen molar-refractivity contribution in [1.82, 2.24) is 0 Å². The molecule has 27 heavy (non-hydrogen) atoms. The summed E-state index contributed by atoms with van der Waals surface area (Å²) >= 11 is 0. The number of allylic oxidation sites excluding steroid dienone is 6. The van der Waals surface area contributed by atoms with Crippen LogP contribution < -0.4 is 0 Å². The summed E-state index contributed by atoms with van der Waals surface area (Å²) in [7, 11) is 0. The Balaban J connectivity index is 0.000000208. The van der Waals surface area contributed by atoms with E-state index in [1.807, 2.05) is 0 Å². The van der Waals surface area contributed by atoms with Crippen LogP contribution in [0, 0.1) is 10.8 Å². The van der Waals surface area contributed by atoms with E-state index in [9.17, 15) is 0 Å². The third-order valence-corrected chi connectivity index (χ3v) is 6.22. The molecule has 0 heterocycles. The zero-order valence-corrected chi connectivity index (χ0v) is 19.7. The van der Waals surface area contributed by atoms with Crippen molar-refractivity contribution in [1.29, 1.82) is 0 Å². The van der Waals surface area contributed by atoms with Crippen molar-refractivity contribution in [2.45, 2.75) is 126 Å². The molecule has 0 amide bonds. The van der Waals surface area contributed by atoms with Gasteiger partial charge in [-0.1, -0.05) is 76.0 Å². The van der Waals surface area contributed by atoms with Crippen molar-refractivity contribution in [2.24, 2.45) is 10.8 Å². The second-order valence-electron chi connectivity index (χ2n) is 10.8. The summed E-state index contributed by atoms with van der Waals surface area (Å²) in [5, 5.41) is 0. The van der Waals surface area contributed by atoms with Gasteiger partial charge in [0, 0.05) is 0 Å². The standard InChI is InChI=1S/C11H20.C9H16.C7H12/c1-11(2,3)10-8-6-4-5-7-9-10;1-8-4-6-9(2,3)7-5-8;1-7-5-3-2-4-6-7/h8H,4-7,9H2,1-3H3;4H,5-7H2,1-3H3;5H,2-4,6H2,1H3. The van der Waals surface area contributed by atoms with E-state index in [4.69, 9.17) is 0 Å². The van der Waals surface area contributed by atoms with Crippen molar-refractivity contribution >= 4 is 0 Å². The van der Waals surface area contributed by atoms with E-state index in [2.05, 4.69) is 66.7 Å². The quantitative estimate of drug-likeness (QED) is 0.371. The molecule has 0 unspecified atom stereocenters. The van der Waals surface area contributed by atoms with Gasteiger partial charge in [0.25, 0.3) is 0 Å². The minimum Gasteiger partial charge on any atom is -0.0856 e. The Morgan fingerprint density at radius 3 is 1.74 bits per heavy atom. The third kappa shape index (κ3) is 11.6. The predicted molar refractivity (Wildman–Crippen MR) is 124 cm³/mol. The lowest BCUT2D eigenvalue weighted by Gasteiger charge is -2.27. The van der Waals surface area contributed by atoms with Crippen LogP contribution in [0.1, 0.15) is 126 Å². The maximum atomic E-state index is 2.47. The van der Waals surface area contributed by atoms with E-state index in [1.165, 1.54) is 77.0 Å². The maximum absolute atomic E-state index is 2.47. The van der Waals surface area contributed by atoms with Crippen LogP contribution in [-0.2, 0) is 0 Å². The lowest BCUT2D eigenvalue weighted by molar-refractivity contribution is 0.325. The second kappa shape index (κ2) is 11.9. The molecule has 0 aromatic rings. The average Bonchev–Trinajstić information content (AvgIpc) is 2.89. The van der Waals surface area contributed by atoms with Crippen molar-refractivity contribution in [3.63, 3.8) is 0 Å². The minimum absolute atomic E-state index is 0.421. The van der Waals surface area contributed by atoms with Crippen LogP contribution >= 0.6 is 0 Å². The lowest BCUT2D eigenvalue weighted by atomic mass is 9.79. The van der Waals surface area contributed by atoms with Crippen LogP contribution in [0.3, 0.4) is 0 Å². The fourth-order valence-corrected chi connectivity index (χ4v) is 3.89. The summed E-state index contributed by atoms with van der Waals surface area (Å²) in [4.78, 5) is 0. The molecule has 0 radical (unpaired) electrons. The van der Waals surface area contributed by atoms with Gasteiger partial charge in [-0.05, 0) is 95.3 Å². The molecule has 0 heteroatoms. The molecule has 0 N–H and O–H groups in total. The Labute approximate surface area is 171 Å². The summed E-state index contributed by atoms with van der Waals surface area (Å²) < 4.78 is 0. The monoisotopic (exact) mass is 372 g/mol. The number of rotatable bonds is 0. The molecule has 3 aliphatic rings. The normalized spacial score (nSPS) is 22.6. The fourth-order valence-electron chi connectivity index (χ4n) is 3.89. The van der Waals surface area contributed by atoms with Gasteiger partial charge in [-0.25, -0.2) is 0 Å². The Morgan fingerprint density at radius 1 is 0.704 bits per heavy atom. The van der Waals surface area contributed by atoms with E-state index in [0.717, 1.165) is 0 Å². The molecule has 3 aliphatic carbocycles. The first-order valence-electron chi connectivity index (χ1n) is 11.6. The second-order valence-corrected chi connectivity index (χ2v) is 10.8. The van der Waals surface area contributed by atoms with Crippen LogP contribution in [-0.4, -0.2) is 0 Å². The smallest absolute Gasteiger partial charge is 0.0173 e. The van der Waals surface area contributed by atoms with E-state index in [-0.39, 0.29) is 0 Å². The van der Waals surface area contributed by atoms with Gasteiger partial charge >= 0.3 is 0 Å². The van der Waals surface area contributed by atoms with Gasteiger partial charge in [0.2, 0.25) is 0 Å². The number of hydrogen-bond donors (Lipinski definition) is 0. The van der Waals surface area contributed by atoms with Crippen molar-refractivity contribution in [3.8, 4) is 0 Å². The molecule has 3 rings (SSSR count). The largest absolute Gasteiger partial charge is 0.0856 e. The highest BCUT2D eigenvalue weighted by Gasteiger charge is 2.19. The van der Waals surface area contributed by atoms with Crippen molar-refractivity contribution in [3.05, 3.63) is 34.9 Å². The Kier molecular flexibility index (Phi) is 10.7. The molecule has 0 fully saturated rings. The summed E-state index contributed by atoms with van der Waals surface area (Å²) in [6, 6.07) is 0. The van der Waals surface area contributed by atoms with E-state index >= 15 is 0 Å². The highest BCUT2D eigenvalue weighted by molar-refractivity contribution is 5.11. The molecule has 0 aromatic carbocycles. The van der Waals surface area contributed by atoms with Crippen LogP contribution in [0.4, 0.5) is 0 Å². The fraction of sp³-hybridized carbons (Fsp3) is 0.778. The highest BCUT2D eigenvalue weighted by atomic mass is 14.2. The van der Waals surface area contributed by atoms with Crippen LogP contribution in [0.25, 0.3) is 0 Å². The van der Waals surface area contributed by atoms with E-state index < -0.39 is 0 Å². The SMILES string of the molecule is CC(C)(C)C1=CCCCCC1.CC1=CCC(C)(C)CC1.CC1=CCCCC1. The van der Waals surface area contributed by atoms with E-state index in [0.29, 0.717) is 10.8 Å². The summed E-state index contributed by atoms with van der Waals surface area (Å²) in [6.07, 6.45) is 23.5. The molecule has 0 nitrogen and oxygen atoms in total. The molecule has 0 aromatic heterocycles. The highest BCUT2D eigenvalue weighted by Crippen LogP contribution is 2.33. The van der Waals surface area contributed by atoms with Gasteiger partial charge in [-0.15, -0.1) is 0 Å². The van der Waals surface area contributed by atoms with Crippen molar-refractivity contribution < 1.29 is 0 Å². The molecule has 0 aliphatic heterocycles. The van der Waals surface area contributed by atoms with Gasteiger partial charge in [-0.3, -0.25) is 0 Å². The minimum atomic E-state index is 0.421. The Bertz CT molecular complexity index is 505. The number of hydrogen-bond acceptors (Lipinski definition) is 0. The van der Waals surface area contributed by atoms with Gasteiger partial charge in [-0.2, -0.15) is 0 Å². The third-order valence-electron chi connectivity index (χ3n) is 6.22. The maximum Gasteiger partial charge on any atom is -0.0173 e. The van der Waals surface area contributed by atoms with Gasteiger partial charge in [0.1, 0.15) is 0 Å². The van der Waals surface area contributed by atoms with Gasteiger partial charge < -0.3 is 0 Å². The average molecular weight is 373 g/mol. The Morgan fingerprint density at radius 2 is 1.30 bits per heavy atom. The first-order chi connectivity index (χ1) is 12.6. The molecule has 0 atom stereocenters. The summed E-state index contributed by atoms with van der Waals surface area (Å²) in [5.74, 6) is 0. The Hall–Kier alpha value is -0.780. The molecular weight excluding hydrogens is 324 g/mol. The predicted octanol–water partition coefficient (Wildman–Crippen LogP) is 9.57. The topological polar surface area (TPSA) is 0 Å². The van der Waals surface area contributed by atoms with Gasteiger partial charge in [0.15, 0.2) is 0 Å². The zero-order chi connectivity index (χ0) is 20.3. The summed E-state index contributed by atoms with van der Waals surface area (Å²) in [6.45, 7) is 16.1. The molecule has 0 bridgehead atoms. The van der Waals surface area contributed by atoms with Crippen LogP contribution in [0.2, 0.25) is 0 Å². The molecule has 0 spiro atoms. The van der Waals surface area contributed by atoms with Gasteiger partial charge in [0.05, 0.1) is 0 Å². The lowest BCUT2D eigenvalue weighted by Crippen LogP contribution is -2.13. The first-order valence-corrected chi connectivity index (χ1v) is 11.6. The van der Waals surface area contributed by atoms with Crippen LogP contribution in [0.5, 0.6) is 0 Å². The molecule has 0 saturated heterocycles. The van der Waals surface area contributed by atoms with Crippen LogP contribution in [0.15, 0.2) is 34.9 Å². The molecule has 0 saturated carbocycles. The molecular formula is C27H48. The first kappa shape index (κ1) is 24.3. The summed E-state index contributed by atoms with van der Waals surface area (Å²) in [5.41, 5.74) is 5.85. The van der Waals surface area contributed by atoms with Crippen molar-refractivity contribution in [2.75, 3.05) is 0 Å². The zero-order valence-electron chi connectivity index (χ0n) is 19.7.